The highest BCUT2D eigenvalue weighted by Gasteiger charge is 2.32. The van der Waals surface area contributed by atoms with E-state index in [4.69, 9.17) is 0 Å². The van der Waals surface area contributed by atoms with Crippen LogP contribution in [0, 0.1) is 34.7 Å². The van der Waals surface area contributed by atoms with Crippen molar-refractivity contribution in [2.75, 3.05) is 18.4 Å². The Morgan fingerprint density at radius 3 is 2.66 bits per heavy atom. The van der Waals surface area contributed by atoms with Crippen molar-refractivity contribution in [3.05, 3.63) is 71.4 Å². The summed E-state index contributed by atoms with van der Waals surface area (Å²) in [5.41, 5.74) is 1.43. The molecule has 2 aromatic heterocycles. The number of hydrogen-bond donors (Lipinski definition) is 2. The summed E-state index contributed by atoms with van der Waals surface area (Å²) >= 11 is 0. The summed E-state index contributed by atoms with van der Waals surface area (Å²) in [5, 5.41) is 11.6. The molecule has 0 bridgehead atoms. The predicted molar refractivity (Wildman–Crippen MR) is 108 cm³/mol. The van der Waals surface area contributed by atoms with E-state index in [0.717, 1.165) is 0 Å². The van der Waals surface area contributed by atoms with E-state index < -0.39 is 29.3 Å². The van der Waals surface area contributed by atoms with Gasteiger partial charge in [-0.15, -0.1) is 0 Å². The molecule has 1 saturated heterocycles. The van der Waals surface area contributed by atoms with Crippen LogP contribution in [0.3, 0.4) is 0 Å². The SMILES string of the molecule is N#Cc1ncccc1-c1ccc(C(=O)N2CCC(C(=O)Nc3cc(F)c(F)c(F)c3)C2)[nH]1. The first-order chi connectivity index (χ1) is 15.4. The summed E-state index contributed by atoms with van der Waals surface area (Å²) in [4.78, 5) is 33.8. The Balaban J connectivity index is 1.42. The van der Waals surface area contributed by atoms with Crippen molar-refractivity contribution < 1.29 is 22.8 Å². The predicted octanol–water partition coefficient (Wildman–Crippen LogP) is 3.47. The van der Waals surface area contributed by atoms with Crippen LogP contribution < -0.4 is 5.32 Å². The van der Waals surface area contributed by atoms with Gasteiger partial charge in [0.25, 0.3) is 5.91 Å². The first-order valence-electron chi connectivity index (χ1n) is 9.66. The summed E-state index contributed by atoms with van der Waals surface area (Å²) in [6, 6.07) is 10.0. The molecule has 0 saturated carbocycles. The normalized spacial score (nSPS) is 15.4. The molecule has 4 rings (SSSR count). The molecule has 1 aliphatic rings. The van der Waals surface area contributed by atoms with Gasteiger partial charge in [-0.05, 0) is 30.7 Å². The molecular weight excluding hydrogens is 423 g/mol. The lowest BCUT2D eigenvalue weighted by molar-refractivity contribution is -0.119. The highest BCUT2D eigenvalue weighted by atomic mass is 19.2. The number of nitrogens with zero attached hydrogens (tertiary/aromatic N) is 3. The van der Waals surface area contributed by atoms with Crippen LogP contribution in [0.2, 0.25) is 0 Å². The molecule has 0 spiro atoms. The van der Waals surface area contributed by atoms with E-state index in [0.29, 0.717) is 36.4 Å². The molecule has 32 heavy (non-hydrogen) atoms. The maximum atomic E-state index is 13.4. The summed E-state index contributed by atoms with van der Waals surface area (Å²) in [6.45, 7) is 0.426. The fourth-order valence-electron chi connectivity index (χ4n) is 3.59. The van der Waals surface area contributed by atoms with Gasteiger partial charge in [0.2, 0.25) is 5.91 Å². The number of H-pyrrole nitrogens is 1. The first kappa shape index (κ1) is 21.1. The number of nitrogens with one attached hydrogen (secondary N) is 2. The number of rotatable bonds is 4. The molecule has 2 N–H and O–H groups in total. The van der Waals surface area contributed by atoms with Gasteiger partial charge in [-0.3, -0.25) is 9.59 Å². The van der Waals surface area contributed by atoms with Crippen LogP contribution in [0.4, 0.5) is 18.9 Å². The van der Waals surface area contributed by atoms with Gasteiger partial charge < -0.3 is 15.2 Å². The Morgan fingerprint density at radius 2 is 1.94 bits per heavy atom. The number of pyridine rings is 1. The van der Waals surface area contributed by atoms with Crippen molar-refractivity contribution in [2.24, 2.45) is 5.92 Å². The van der Waals surface area contributed by atoms with Gasteiger partial charge in [-0.25, -0.2) is 18.2 Å². The molecule has 1 aromatic carbocycles. The quantitative estimate of drug-likeness (QED) is 0.608. The minimum Gasteiger partial charge on any atom is -0.350 e. The molecule has 162 valence electrons. The summed E-state index contributed by atoms with van der Waals surface area (Å²) in [7, 11) is 0. The molecule has 0 radical (unpaired) electrons. The number of halogens is 3. The molecule has 2 amide bonds. The van der Waals surface area contributed by atoms with Crippen LogP contribution in [-0.4, -0.2) is 39.8 Å². The van der Waals surface area contributed by atoms with E-state index >= 15 is 0 Å². The van der Waals surface area contributed by atoms with Crippen LogP contribution in [0.15, 0.2) is 42.6 Å². The summed E-state index contributed by atoms with van der Waals surface area (Å²) in [6.07, 6.45) is 1.86. The van der Waals surface area contributed by atoms with E-state index in [2.05, 4.69) is 15.3 Å². The molecule has 1 aliphatic heterocycles. The van der Waals surface area contributed by atoms with Crippen molar-refractivity contribution in [1.29, 1.82) is 5.26 Å². The van der Waals surface area contributed by atoms with Gasteiger partial charge in [0.15, 0.2) is 17.5 Å². The summed E-state index contributed by atoms with van der Waals surface area (Å²) < 4.78 is 39.8. The lowest BCUT2D eigenvalue weighted by atomic mass is 10.1. The molecule has 0 aliphatic carbocycles. The van der Waals surface area contributed by atoms with Gasteiger partial charge >= 0.3 is 0 Å². The molecule has 3 heterocycles. The third-order valence-electron chi connectivity index (χ3n) is 5.22. The van der Waals surface area contributed by atoms with Crippen LogP contribution in [-0.2, 0) is 4.79 Å². The van der Waals surface area contributed by atoms with Crippen molar-refractivity contribution in [3.8, 4) is 17.3 Å². The Kier molecular flexibility index (Phi) is 5.64. The van der Waals surface area contributed by atoms with E-state index in [9.17, 15) is 28.0 Å². The molecular formula is C22H16F3N5O2. The van der Waals surface area contributed by atoms with E-state index in [1.807, 2.05) is 6.07 Å². The lowest BCUT2D eigenvalue weighted by Gasteiger charge is -2.16. The average Bonchev–Trinajstić information content (AvgIpc) is 3.47. The first-order valence-corrected chi connectivity index (χ1v) is 9.66. The molecule has 10 heteroatoms. The highest BCUT2D eigenvalue weighted by Crippen LogP contribution is 2.25. The smallest absolute Gasteiger partial charge is 0.270 e. The van der Waals surface area contributed by atoms with Gasteiger partial charge in [0.05, 0.1) is 5.92 Å². The number of aromatic amines is 1. The highest BCUT2D eigenvalue weighted by molar-refractivity contribution is 5.96. The molecule has 1 atom stereocenters. The van der Waals surface area contributed by atoms with Gasteiger partial charge in [-0.2, -0.15) is 5.26 Å². The van der Waals surface area contributed by atoms with Crippen molar-refractivity contribution in [1.82, 2.24) is 14.9 Å². The average molecular weight is 439 g/mol. The number of amides is 2. The number of nitriles is 1. The zero-order chi connectivity index (χ0) is 22.8. The number of anilines is 1. The monoisotopic (exact) mass is 439 g/mol. The third kappa shape index (κ3) is 4.05. The second-order valence-electron chi connectivity index (χ2n) is 7.28. The molecule has 7 nitrogen and oxygen atoms in total. The van der Waals surface area contributed by atoms with E-state index in [1.54, 1.807) is 24.3 Å². The van der Waals surface area contributed by atoms with Crippen LogP contribution in [0.1, 0.15) is 22.6 Å². The maximum absolute atomic E-state index is 13.4. The van der Waals surface area contributed by atoms with Gasteiger partial charge in [0, 0.05) is 48.4 Å². The van der Waals surface area contributed by atoms with Crippen molar-refractivity contribution >= 4 is 17.5 Å². The molecule has 1 unspecified atom stereocenters. The molecule has 3 aromatic rings. The Labute approximate surface area is 180 Å². The number of carbonyl (C=O) groups excluding carboxylic acids is 2. The van der Waals surface area contributed by atoms with Crippen molar-refractivity contribution in [3.63, 3.8) is 0 Å². The number of benzene rings is 1. The van der Waals surface area contributed by atoms with Crippen molar-refractivity contribution in [2.45, 2.75) is 6.42 Å². The fourth-order valence-corrected chi connectivity index (χ4v) is 3.59. The van der Waals surface area contributed by atoms with Crippen LogP contribution >= 0.6 is 0 Å². The summed E-state index contributed by atoms with van der Waals surface area (Å²) in [5.74, 6) is -5.86. The van der Waals surface area contributed by atoms with Gasteiger partial charge in [0.1, 0.15) is 17.5 Å². The zero-order valence-electron chi connectivity index (χ0n) is 16.5. The topological polar surface area (TPSA) is 102 Å². The maximum Gasteiger partial charge on any atom is 0.270 e. The van der Waals surface area contributed by atoms with E-state index in [1.165, 1.54) is 11.1 Å². The molecule has 1 fully saturated rings. The largest absolute Gasteiger partial charge is 0.350 e. The Bertz CT molecular complexity index is 1230. The standard InChI is InChI=1S/C22H16F3N5O2/c23-15-8-13(9-16(24)20(15)25)28-21(31)12-5-7-30(11-12)22(32)18-4-3-17(29-18)14-2-1-6-27-19(14)10-26/h1-4,6,8-9,12,29H,5,7,11H2,(H,28,31). The number of carbonyl (C=O) groups is 2. The Hall–Kier alpha value is -4.13. The number of hydrogen-bond acceptors (Lipinski definition) is 4. The lowest BCUT2D eigenvalue weighted by Crippen LogP contribution is -2.31. The number of likely N-dealkylation sites (tertiary alicyclic amines) is 1. The van der Waals surface area contributed by atoms with Crippen LogP contribution in [0.5, 0.6) is 0 Å². The number of aromatic nitrogens is 2. The third-order valence-corrected chi connectivity index (χ3v) is 5.22. The second kappa shape index (κ2) is 8.55. The fraction of sp³-hybridized carbons (Fsp3) is 0.182. The zero-order valence-corrected chi connectivity index (χ0v) is 16.5. The van der Waals surface area contributed by atoms with Gasteiger partial charge in [-0.1, -0.05) is 0 Å². The van der Waals surface area contributed by atoms with E-state index in [-0.39, 0.29) is 29.5 Å². The second-order valence-corrected chi connectivity index (χ2v) is 7.28. The van der Waals surface area contributed by atoms with Crippen LogP contribution in [0.25, 0.3) is 11.3 Å². The Morgan fingerprint density at radius 1 is 1.19 bits per heavy atom. The minimum atomic E-state index is -1.61. The minimum absolute atomic E-state index is 0.113.